The normalized spacial score (nSPS) is 18.1. The second-order valence-electron chi connectivity index (χ2n) is 10.5. The molecule has 44 heavy (non-hydrogen) atoms. The minimum atomic E-state index is -4.13. The fraction of sp³-hybridized carbons (Fsp3) is 0.367. The van der Waals surface area contributed by atoms with Gasteiger partial charge in [0.25, 0.3) is 15.9 Å². The topological polar surface area (TPSA) is 152 Å². The van der Waals surface area contributed by atoms with E-state index in [0.29, 0.717) is 11.5 Å². The van der Waals surface area contributed by atoms with Gasteiger partial charge in [-0.1, -0.05) is 13.0 Å². The van der Waals surface area contributed by atoms with Crippen molar-refractivity contribution >= 4 is 31.6 Å². The predicted octanol–water partition coefficient (Wildman–Crippen LogP) is 3.05. The highest BCUT2D eigenvalue weighted by atomic mass is 32.2. The van der Waals surface area contributed by atoms with Crippen molar-refractivity contribution in [2.45, 2.75) is 35.8 Å². The van der Waals surface area contributed by atoms with E-state index in [4.69, 9.17) is 14.2 Å². The van der Waals surface area contributed by atoms with Gasteiger partial charge in [0.1, 0.15) is 17.6 Å². The molecule has 0 spiro atoms. The lowest BCUT2D eigenvalue weighted by molar-refractivity contribution is 0.0389. The van der Waals surface area contributed by atoms with Gasteiger partial charge in [-0.2, -0.15) is 4.31 Å². The van der Waals surface area contributed by atoms with E-state index in [9.17, 15) is 26.7 Å². The third-order valence-electron chi connectivity index (χ3n) is 7.51. The maximum absolute atomic E-state index is 13.7. The number of nitrogens with one attached hydrogen (secondary N) is 1. The van der Waals surface area contributed by atoms with Crippen LogP contribution in [0.3, 0.4) is 0 Å². The summed E-state index contributed by atoms with van der Waals surface area (Å²) in [5, 5.41) is 9.93. The Morgan fingerprint density at radius 3 is 2.09 bits per heavy atom. The lowest BCUT2D eigenvalue weighted by atomic mass is 9.99. The smallest absolute Gasteiger partial charge is 0.262 e. The molecule has 2 N–H and O–H groups in total. The van der Waals surface area contributed by atoms with Crippen molar-refractivity contribution in [3.63, 3.8) is 0 Å². The number of carbonyl (C=O) groups is 1. The Morgan fingerprint density at radius 2 is 1.55 bits per heavy atom. The summed E-state index contributed by atoms with van der Waals surface area (Å²) < 4.78 is 74.0. The molecule has 1 aliphatic heterocycles. The molecule has 4 rings (SSSR count). The van der Waals surface area contributed by atoms with Crippen LogP contribution in [0, 0.1) is 5.92 Å². The van der Waals surface area contributed by atoms with E-state index in [1.54, 1.807) is 26.0 Å². The average molecular weight is 648 g/mol. The molecule has 3 aromatic rings. The number of para-hydroxylation sites is 1. The van der Waals surface area contributed by atoms with Gasteiger partial charge in [-0.15, -0.1) is 0 Å². The maximum atomic E-state index is 13.7. The highest BCUT2D eigenvalue weighted by molar-refractivity contribution is 7.92. The van der Waals surface area contributed by atoms with E-state index in [0.717, 1.165) is 4.31 Å². The van der Waals surface area contributed by atoms with E-state index >= 15 is 0 Å². The first-order chi connectivity index (χ1) is 20.8. The van der Waals surface area contributed by atoms with Crippen LogP contribution in [0.4, 0.5) is 5.69 Å². The van der Waals surface area contributed by atoms with Gasteiger partial charge < -0.3 is 24.2 Å². The first-order valence-electron chi connectivity index (χ1n) is 13.8. The highest BCUT2D eigenvalue weighted by Crippen LogP contribution is 2.36. The van der Waals surface area contributed by atoms with E-state index in [2.05, 4.69) is 4.72 Å². The van der Waals surface area contributed by atoms with Crippen LogP contribution in [0.15, 0.2) is 76.5 Å². The lowest BCUT2D eigenvalue weighted by Crippen LogP contribution is -2.50. The van der Waals surface area contributed by atoms with Crippen molar-refractivity contribution in [1.82, 2.24) is 9.21 Å². The second-order valence-corrected chi connectivity index (χ2v) is 14.3. The molecule has 0 saturated carbocycles. The molecule has 12 nitrogen and oxygen atoms in total. The number of methoxy groups -OCH3 is 2. The number of carbonyl (C=O) groups excluding carboxylic acids is 1. The third-order valence-corrected chi connectivity index (χ3v) is 10.7. The number of ether oxygens (including phenoxy) is 3. The molecular weight excluding hydrogens is 610 g/mol. The number of anilines is 1. The molecule has 0 radical (unpaired) electrons. The first kappa shape index (κ1) is 33.1. The summed E-state index contributed by atoms with van der Waals surface area (Å²) in [5.41, 5.74) is 0.0702. The highest BCUT2D eigenvalue weighted by Gasteiger charge is 2.36. The van der Waals surface area contributed by atoms with Gasteiger partial charge in [-0.05, 0) is 67.6 Å². The molecule has 3 atom stereocenters. The number of fused-ring (bicyclic) bond motifs is 1. The van der Waals surface area contributed by atoms with E-state index < -0.39 is 44.0 Å². The summed E-state index contributed by atoms with van der Waals surface area (Å²) in [6.07, 6.45) is -0.820. The van der Waals surface area contributed by atoms with Gasteiger partial charge in [0.15, 0.2) is 5.75 Å². The number of likely N-dealkylation sites (N-methyl/N-ethyl adjacent to an activating group) is 1. The number of rotatable bonds is 11. The Labute approximate surface area is 258 Å². The van der Waals surface area contributed by atoms with Crippen molar-refractivity contribution in [3.8, 4) is 17.2 Å². The number of hydrogen-bond donors (Lipinski definition) is 2. The van der Waals surface area contributed by atoms with E-state index in [1.807, 2.05) is 0 Å². The molecule has 3 aromatic carbocycles. The van der Waals surface area contributed by atoms with Crippen molar-refractivity contribution < 1.29 is 40.9 Å². The molecule has 0 aliphatic carbocycles. The molecular formula is C30H37N3O9S2. The fourth-order valence-electron chi connectivity index (χ4n) is 4.78. The van der Waals surface area contributed by atoms with Gasteiger partial charge in [0.2, 0.25) is 10.0 Å². The van der Waals surface area contributed by atoms with Gasteiger partial charge in [0.05, 0.1) is 54.5 Å². The largest absolute Gasteiger partial charge is 0.497 e. The van der Waals surface area contributed by atoms with Crippen LogP contribution in [-0.4, -0.2) is 90.2 Å². The summed E-state index contributed by atoms with van der Waals surface area (Å²) in [6.45, 7) is 3.22. The van der Waals surface area contributed by atoms with Gasteiger partial charge >= 0.3 is 0 Å². The SMILES string of the molecule is COc1ccc(S(=O)(=O)Nc2cccc3c2O[C@H](CN(C)S(=O)(=O)c2ccc(OC)cc2)[C@H](C)CN([C@@H](C)CO)C3=O)cc1. The molecule has 1 amide bonds. The van der Waals surface area contributed by atoms with Crippen LogP contribution in [0.25, 0.3) is 0 Å². The second kappa shape index (κ2) is 13.4. The quantitative estimate of drug-likeness (QED) is 0.320. The summed E-state index contributed by atoms with van der Waals surface area (Å²) in [6, 6.07) is 15.7. The van der Waals surface area contributed by atoms with Gasteiger partial charge in [0, 0.05) is 19.5 Å². The van der Waals surface area contributed by atoms with Gasteiger partial charge in [-0.3, -0.25) is 9.52 Å². The number of benzene rings is 3. The zero-order valence-electron chi connectivity index (χ0n) is 25.1. The Hall–Kier alpha value is -3.85. The number of amides is 1. The van der Waals surface area contributed by atoms with Gasteiger partial charge in [-0.25, -0.2) is 16.8 Å². The standard InChI is InChI=1S/C30H37N3O9S2/c1-20-17-33(21(2)19-34)30(35)26-7-6-8-27(31-43(36,37)24-13-9-22(40-4)10-14-24)29(26)42-28(20)18-32(3)44(38,39)25-15-11-23(41-5)12-16-25/h6-16,20-21,28,31,34H,17-19H2,1-5H3/t20-,21+,28-/m1/s1. The molecule has 0 aromatic heterocycles. The Morgan fingerprint density at radius 1 is 0.977 bits per heavy atom. The van der Waals surface area contributed by atoms with Crippen LogP contribution in [0.2, 0.25) is 0 Å². The molecule has 14 heteroatoms. The summed E-state index contributed by atoms with van der Waals surface area (Å²) in [5.74, 6) is 0.0489. The first-order valence-corrected chi connectivity index (χ1v) is 16.7. The molecule has 1 heterocycles. The zero-order valence-corrected chi connectivity index (χ0v) is 26.8. The number of nitrogens with zero attached hydrogens (tertiary/aromatic N) is 2. The van der Waals surface area contributed by atoms with Crippen molar-refractivity contribution in [1.29, 1.82) is 0 Å². The minimum absolute atomic E-state index is 0.00281. The Bertz CT molecular complexity index is 1680. The van der Waals surface area contributed by atoms with Crippen molar-refractivity contribution in [2.24, 2.45) is 5.92 Å². The Kier molecular flexibility index (Phi) is 10.1. The summed E-state index contributed by atoms with van der Waals surface area (Å²) in [4.78, 5) is 15.2. The summed E-state index contributed by atoms with van der Waals surface area (Å²) in [7, 11) is -3.71. The average Bonchev–Trinajstić information content (AvgIpc) is 3.02. The van der Waals surface area contributed by atoms with Crippen molar-refractivity contribution in [3.05, 3.63) is 72.3 Å². The van der Waals surface area contributed by atoms with Crippen LogP contribution < -0.4 is 18.9 Å². The predicted molar refractivity (Wildman–Crippen MR) is 164 cm³/mol. The van der Waals surface area contributed by atoms with E-state index in [1.165, 1.54) is 80.8 Å². The lowest BCUT2D eigenvalue weighted by Gasteiger charge is -2.38. The minimum Gasteiger partial charge on any atom is -0.497 e. The van der Waals surface area contributed by atoms with E-state index in [-0.39, 0.29) is 46.5 Å². The Balaban J connectivity index is 1.74. The third kappa shape index (κ3) is 6.93. The van der Waals surface area contributed by atoms with Crippen LogP contribution in [0.1, 0.15) is 24.2 Å². The number of aliphatic hydroxyl groups is 1. The molecule has 0 saturated heterocycles. The number of hydrogen-bond acceptors (Lipinski definition) is 9. The molecule has 0 unspecified atom stereocenters. The molecule has 0 bridgehead atoms. The number of sulfonamides is 2. The summed E-state index contributed by atoms with van der Waals surface area (Å²) >= 11 is 0. The molecule has 1 aliphatic rings. The zero-order chi connectivity index (χ0) is 32.2. The van der Waals surface area contributed by atoms with Crippen LogP contribution >= 0.6 is 0 Å². The van der Waals surface area contributed by atoms with Crippen LogP contribution in [0.5, 0.6) is 17.2 Å². The monoisotopic (exact) mass is 647 g/mol. The molecule has 0 fully saturated rings. The van der Waals surface area contributed by atoms with Crippen molar-refractivity contribution in [2.75, 3.05) is 45.7 Å². The van der Waals surface area contributed by atoms with Crippen LogP contribution in [-0.2, 0) is 20.0 Å². The maximum Gasteiger partial charge on any atom is 0.262 e. The fourth-order valence-corrected chi connectivity index (χ4v) is 7.02. The molecule has 238 valence electrons. The number of aliphatic hydroxyl groups excluding tert-OH is 1.